The van der Waals surface area contributed by atoms with E-state index < -0.39 is 0 Å². The van der Waals surface area contributed by atoms with Gasteiger partial charge < -0.3 is 22.9 Å². The second kappa shape index (κ2) is 5.43. The highest BCUT2D eigenvalue weighted by Gasteiger charge is 2.06. The van der Waals surface area contributed by atoms with Gasteiger partial charge in [0.1, 0.15) is 12.9 Å². The van der Waals surface area contributed by atoms with Gasteiger partial charge in [0.2, 0.25) is 5.88 Å². The summed E-state index contributed by atoms with van der Waals surface area (Å²) in [6.07, 6.45) is 3.19. The first-order valence-corrected chi connectivity index (χ1v) is 4.53. The molecule has 0 bridgehead atoms. The van der Waals surface area contributed by atoms with Gasteiger partial charge in [0.15, 0.2) is 5.82 Å². The second-order valence-corrected chi connectivity index (χ2v) is 2.90. The molecule has 2 rings (SSSR count). The molecule has 0 saturated carbocycles. The van der Waals surface area contributed by atoms with Gasteiger partial charge in [-0.05, 0) is 6.07 Å². The lowest BCUT2D eigenvalue weighted by Crippen LogP contribution is -3.00. The summed E-state index contributed by atoms with van der Waals surface area (Å²) < 4.78 is 6.68. The van der Waals surface area contributed by atoms with Crippen LogP contribution in [0.2, 0.25) is 0 Å². The largest absolute Gasteiger partial charge is 1.00 e. The van der Waals surface area contributed by atoms with Gasteiger partial charge >= 0.3 is 0 Å². The Morgan fingerprint density at radius 2 is 2.19 bits per heavy atom. The number of ether oxygens (including phenoxy) is 1. The van der Waals surface area contributed by atoms with E-state index in [1.165, 1.54) is 6.33 Å². The minimum absolute atomic E-state index is 0. The number of pyridine rings is 1. The first kappa shape index (κ1) is 12.4. The molecule has 0 aliphatic rings. The summed E-state index contributed by atoms with van der Waals surface area (Å²) in [4.78, 5) is 8.18. The summed E-state index contributed by atoms with van der Waals surface area (Å²) in [6, 6.07) is 3.66. The second-order valence-electron chi connectivity index (χ2n) is 2.90. The van der Waals surface area contributed by atoms with Crippen molar-refractivity contribution in [2.45, 2.75) is 6.54 Å². The van der Waals surface area contributed by atoms with Gasteiger partial charge in [-0.15, -0.1) is 0 Å². The topological polar surface area (TPSA) is 80.5 Å². The molecule has 0 aliphatic carbocycles. The van der Waals surface area contributed by atoms with Gasteiger partial charge in [-0.3, -0.25) is 0 Å². The molecule has 0 spiro atoms. The molecule has 6 nitrogen and oxygen atoms in total. The lowest BCUT2D eigenvalue weighted by atomic mass is 10.4. The molecule has 0 amide bonds. The maximum Gasteiger partial charge on any atom is 0.213 e. The Morgan fingerprint density at radius 3 is 2.75 bits per heavy atom. The van der Waals surface area contributed by atoms with E-state index in [-0.39, 0.29) is 12.4 Å². The zero-order valence-electron chi connectivity index (χ0n) is 8.80. The summed E-state index contributed by atoms with van der Waals surface area (Å²) in [5.74, 6) is 1.39. The summed E-state index contributed by atoms with van der Waals surface area (Å²) >= 11 is 0. The van der Waals surface area contributed by atoms with Crippen molar-refractivity contribution in [3.8, 4) is 11.6 Å². The van der Waals surface area contributed by atoms with E-state index in [0.29, 0.717) is 12.4 Å². The fourth-order valence-electron chi connectivity index (χ4n) is 1.27. The number of rotatable bonds is 3. The van der Waals surface area contributed by atoms with Crippen molar-refractivity contribution in [2.75, 3.05) is 7.11 Å². The third-order valence-corrected chi connectivity index (χ3v) is 2.02. The molecule has 16 heavy (non-hydrogen) atoms. The number of halogens is 1. The minimum Gasteiger partial charge on any atom is -1.00 e. The molecular weight excluding hydrogens is 230 g/mol. The van der Waals surface area contributed by atoms with E-state index in [1.807, 2.05) is 6.07 Å². The molecule has 86 valence electrons. The number of hydrogen-bond acceptors (Lipinski definition) is 4. The molecule has 0 radical (unpaired) electrons. The summed E-state index contributed by atoms with van der Waals surface area (Å²) in [5.41, 5.74) is 4.63. The van der Waals surface area contributed by atoms with Crippen LogP contribution in [-0.4, -0.2) is 26.9 Å². The third kappa shape index (κ3) is 2.29. The third-order valence-electron chi connectivity index (χ3n) is 2.02. The molecular formula is C9H12ClN5O. The highest BCUT2D eigenvalue weighted by Crippen LogP contribution is 2.10. The van der Waals surface area contributed by atoms with Gasteiger partial charge in [0, 0.05) is 6.07 Å². The van der Waals surface area contributed by atoms with Crippen molar-refractivity contribution >= 4 is 0 Å². The van der Waals surface area contributed by atoms with Gasteiger partial charge in [-0.2, -0.15) is 5.10 Å². The Balaban J connectivity index is 0.00000128. The van der Waals surface area contributed by atoms with Gasteiger partial charge in [0.25, 0.3) is 0 Å². The zero-order valence-corrected chi connectivity index (χ0v) is 9.55. The number of nitrogens with zero attached hydrogens (tertiary/aromatic N) is 4. The Hall–Kier alpha value is -1.66. The predicted octanol–water partition coefficient (Wildman–Crippen LogP) is -3.58. The van der Waals surface area contributed by atoms with Crippen molar-refractivity contribution < 1.29 is 22.9 Å². The van der Waals surface area contributed by atoms with E-state index in [1.54, 1.807) is 24.1 Å². The van der Waals surface area contributed by atoms with Crippen molar-refractivity contribution in [1.29, 1.82) is 0 Å². The monoisotopic (exact) mass is 241 g/mol. The lowest BCUT2D eigenvalue weighted by molar-refractivity contribution is -0.388. The van der Waals surface area contributed by atoms with Crippen molar-refractivity contribution in [3.05, 3.63) is 30.5 Å². The van der Waals surface area contributed by atoms with Crippen LogP contribution in [0.15, 0.2) is 24.7 Å². The molecule has 0 unspecified atom stereocenters. The van der Waals surface area contributed by atoms with Crippen LogP contribution in [0.25, 0.3) is 5.69 Å². The average molecular weight is 242 g/mol. The smallest absolute Gasteiger partial charge is 0.213 e. The standard InChI is InChI=1S/C9H11N5O.ClH/c1-15-9-3-2-7(5-11-9)14-8(4-10)12-6-13-14;/h2-3,5-6H,4,10H2,1H3;1H. The molecule has 2 aromatic heterocycles. The predicted molar refractivity (Wildman–Crippen MR) is 52.3 cm³/mol. The molecule has 7 heteroatoms. The van der Waals surface area contributed by atoms with Crippen LogP contribution in [0.5, 0.6) is 5.88 Å². The van der Waals surface area contributed by atoms with Crippen LogP contribution in [0, 0.1) is 0 Å². The summed E-state index contributed by atoms with van der Waals surface area (Å²) in [7, 11) is 1.58. The van der Waals surface area contributed by atoms with Gasteiger partial charge in [-0.1, -0.05) is 0 Å². The highest BCUT2D eigenvalue weighted by atomic mass is 35.5. The zero-order chi connectivity index (χ0) is 10.7. The van der Waals surface area contributed by atoms with Crippen LogP contribution >= 0.6 is 0 Å². The number of hydrogen-bond donors (Lipinski definition) is 1. The summed E-state index contributed by atoms with van der Waals surface area (Å²) in [6.45, 7) is 0.589. The molecule has 2 heterocycles. The Bertz CT molecular complexity index is 441. The van der Waals surface area contributed by atoms with Gasteiger partial charge in [0.05, 0.1) is 19.0 Å². The molecule has 2 aromatic rings. The fourth-order valence-corrected chi connectivity index (χ4v) is 1.27. The van der Waals surface area contributed by atoms with E-state index in [2.05, 4.69) is 20.8 Å². The first-order chi connectivity index (χ1) is 7.35. The fraction of sp³-hybridized carbons (Fsp3) is 0.222. The molecule has 0 aliphatic heterocycles. The van der Waals surface area contributed by atoms with Crippen LogP contribution in [0.1, 0.15) is 5.82 Å². The van der Waals surface area contributed by atoms with E-state index in [9.17, 15) is 0 Å². The highest BCUT2D eigenvalue weighted by molar-refractivity contribution is 5.30. The van der Waals surface area contributed by atoms with E-state index in [4.69, 9.17) is 4.74 Å². The van der Waals surface area contributed by atoms with Crippen molar-refractivity contribution in [1.82, 2.24) is 19.7 Å². The number of quaternary nitrogens is 1. The molecule has 0 saturated heterocycles. The molecule has 0 aromatic carbocycles. The Kier molecular flexibility index (Phi) is 4.21. The minimum atomic E-state index is 0. The van der Waals surface area contributed by atoms with Crippen molar-refractivity contribution in [2.24, 2.45) is 0 Å². The lowest BCUT2D eigenvalue weighted by Gasteiger charge is -2.03. The summed E-state index contributed by atoms with van der Waals surface area (Å²) in [5, 5.41) is 4.10. The Morgan fingerprint density at radius 1 is 1.38 bits per heavy atom. The van der Waals surface area contributed by atoms with Crippen molar-refractivity contribution in [3.63, 3.8) is 0 Å². The van der Waals surface area contributed by atoms with Crippen LogP contribution < -0.4 is 22.9 Å². The van der Waals surface area contributed by atoms with E-state index >= 15 is 0 Å². The normalized spacial score (nSPS) is 9.62. The maximum atomic E-state index is 4.97. The molecule has 3 N–H and O–H groups in total. The van der Waals surface area contributed by atoms with Gasteiger partial charge in [-0.25, -0.2) is 14.6 Å². The van der Waals surface area contributed by atoms with Crippen LogP contribution in [0.4, 0.5) is 0 Å². The number of aromatic nitrogens is 4. The van der Waals surface area contributed by atoms with Crippen LogP contribution in [0.3, 0.4) is 0 Å². The Labute approximate surface area is 98.9 Å². The average Bonchev–Trinajstić information content (AvgIpc) is 2.77. The maximum absolute atomic E-state index is 4.97. The number of methoxy groups -OCH3 is 1. The first-order valence-electron chi connectivity index (χ1n) is 4.53. The molecule has 0 fully saturated rings. The molecule has 0 atom stereocenters. The van der Waals surface area contributed by atoms with E-state index in [0.717, 1.165) is 11.5 Å². The van der Waals surface area contributed by atoms with Crippen LogP contribution in [-0.2, 0) is 6.54 Å². The SMILES string of the molecule is COc1ccc(-n2ncnc2C[NH3+])cn1.[Cl-]. The quantitative estimate of drug-likeness (QED) is 0.603.